The summed E-state index contributed by atoms with van der Waals surface area (Å²) in [6.45, 7) is 4.99. The summed E-state index contributed by atoms with van der Waals surface area (Å²) >= 11 is 1.48. The van der Waals surface area contributed by atoms with Crippen molar-refractivity contribution in [2.24, 2.45) is 0 Å². The van der Waals surface area contributed by atoms with E-state index < -0.39 is 5.60 Å². The molecular weight excluding hydrogens is 316 g/mol. The van der Waals surface area contributed by atoms with Crippen molar-refractivity contribution in [1.29, 1.82) is 0 Å². The first kappa shape index (κ1) is 17.2. The quantitative estimate of drug-likeness (QED) is 0.749. The lowest BCUT2D eigenvalue weighted by Crippen LogP contribution is -2.43. The third-order valence-corrected chi connectivity index (χ3v) is 4.15. The molecule has 2 amide bonds. The number of amides is 2. The van der Waals surface area contributed by atoms with E-state index in [0.717, 1.165) is 5.56 Å². The van der Waals surface area contributed by atoms with Gasteiger partial charge in [0, 0.05) is 0 Å². The first-order valence-corrected chi connectivity index (χ1v) is 8.11. The smallest absolute Gasteiger partial charge is 0.255 e. The lowest BCUT2D eigenvalue weighted by molar-refractivity contribution is -0.121. The second kappa shape index (κ2) is 6.97. The van der Waals surface area contributed by atoms with Gasteiger partial charge in [-0.25, -0.2) is 0 Å². The van der Waals surface area contributed by atoms with Gasteiger partial charge < -0.3 is 20.2 Å². The summed E-state index contributed by atoms with van der Waals surface area (Å²) in [4.78, 5) is 23.8. The lowest BCUT2D eigenvalue weighted by Gasteiger charge is -2.22. The summed E-state index contributed by atoms with van der Waals surface area (Å²) in [5, 5.41) is 19.2. The molecule has 0 aromatic carbocycles. The predicted molar refractivity (Wildman–Crippen MR) is 87.4 cm³/mol. The van der Waals surface area contributed by atoms with Gasteiger partial charge in [0.25, 0.3) is 5.91 Å². The number of aryl methyl sites for hydroxylation is 2. The number of rotatable bonds is 6. The first-order valence-electron chi connectivity index (χ1n) is 7.16. The Morgan fingerprint density at radius 2 is 2.09 bits per heavy atom. The standard InChI is InChI=1S/C16H20N2O4S/c1-10-6-13(11(2)22-10)15(20)17-7-14(19)18-9-16(3,21)12-4-5-23-8-12/h4-6,8,21H,7,9H2,1-3H3,(H,17,20)(H,18,19). The normalized spacial score (nSPS) is 13.4. The minimum atomic E-state index is -1.14. The van der Waals surface area contributed by atoms with E-state index in [1.807, 2.05) is 16.8 Å². The van der Waals surface area contributed by atoms with Gasteiger partial charge in [0.15, 0.2) is 0 Å². The first-order chi connectivity index (χ1) is 10.8. The van der Waals surface area contributed by atoms with Crippen LogP contribution in [0.4, 0.5) is 0 Å². The maximum absolute atomic E-state index is 12.0. The van der Waals surface area contributed by atoms with Crippen LogP contribution in [0.2, 0.25) is 0 Å². The molecule has 0 aliphatic rings. The molecule has 124 valence electrons. The third-order valence-electron chi connectivity index (χ3n) is 3.47. The van der Waals surface area contributed by atoms with Gasteiger partial charge in [-0.1, -0.05) is 0 Å². The molecule has 2 heterocycles. The number of carbonyl (C=O) groups is 2. The number of carbonyl (C=O) groups excluding carboxylic acids is 2. The molecule has 2 aromatic heterocycles. The molecular formula is C16H20N2O4S. The zero-order valence-corrected chi connectivity index (χ0v) is 14.1. The van der Waals surface area contributed by atoms with Crippen molar-refractivity contribution in [1.82, 2.24) is 10.6 Å². The van der Waals surface area contributed by atoms with E-state index in [9.17, 15) is 14.7 Å². The Balaban J connectivity index is 1.81. The van der Waals surface area contributed by atoms with Gasteiger partial charge in [-0.05, 0) is 49.2 Å². The summed E-state index contributed by atoms with van der Waals surface area (Å²) in [7, 11) is 0. The average molecular weight is 336 g/mol. The minimum Gasteiger partial charge on any atom is -0.466 e. The van der Waals surface area contributed by atoms with Gasteiger partial charge >= 0.3 is 0 Å². The third kappa shape index (κ3) is 4.43. The van der Waals surface area contributed by atoms with Crippen molar-refractivity contribution in [3.8, 4) is 0 Å². The summed E-state index contributed by atoms with van der Waals surface area (Å²) in [6.07, 6.45) is 0. The zero-order chi connectivity index (χ0) is 17.0. The topological polar surface area (TPSA) is 91.6 Å². The Labute approximate surface area is 138 Å². The van der Waals surface area contributed by atoms with Crippen molar-refractivity contribution >= 4 is 23.2 Å². The Hall–Kier alpha value is -2.12. The Kier molecular flexibility index (Phi) is 5.23. The van der Waals surface area contributed by atoms with E-state index in [-0.39, 0.29) is 24.9 Å². The Morgan fingerprint density at radius 3 is 2.65 bits per heavy atom. The highest BCUT2D eigenvalue weighted by Crippen LogP contribution is 2.21. The number of thiophene rings is 1. The van der Waals surface area contributed by atoms with Crippen LogP contribution in [0.1, 0.15) is 34.4 Å². The molecule has 0 fully saturated rings. The van der Waals surface area contributed by atoms with Crippen LogP contribution in [0.25, 0.3) is 0 Å². The van der Waals surface area contributed by atoms with Gasteiger partial charge in [-0.15, -0.1) is 0 Å². The molecule has 0 saturated carbocycles. The molecule has 1 unspecified atom stereocenters. The van der Waals surface area contributed by atoms with Crippen molar-refractivity contribution < 1.29 is 19.1 Å². The van der Waals surface area contributed by atoms with E-state index in [1.165, 1.54) is 11.3 Å². The van der Waals surface area contributed by atoms with E-state index in [4.69, 9.17) is 4.42 Å². The highest BCUT2D eigenvalue weighted by molar-refractivity contribution is 7.08. The second-order valence-electron chi connectivity index (χ2n) is 5.57. The van der Waals surface area contributed by atoms with Crippen molar-refractivity contribution in [2.45, 2.75) is 26.4 Å². The summed E-state index contributed by atoms with van der Waals surface area (Å²) < 4.78 is 5.28. The van der Waals surface area contributed by atoms with Crippen LogP contribution in [-0.2, 0) is 10.4 Å². The fraction of sp³-hybridized carbons (Fsp3) is 0.375. The highest BCUT2D eigenvalue weighted by Gasteiger charge is 2.24. The SMILES string of the molecule is Cc1cc(C(=O)NCC(=O)NCC(C)(O)c2ccsc2)c(C)o1. The second-order valence-corrected chi connectivity index (χ2v) is 6.35. The van der Waals surface area contributed by atoms with Crippen LogP contribution in [0, 0.1) is 13.8 Å². The maximum atomic E-state index is 12.0. The van der Waals surface area contributed by atoms with Gasteiger partial charge in [0.1, 0.15) is 17.1 Å². The number of nitrogens with one attached hydrogen (secondary N) is 2. The summed E-state index contributed by atoms with van der Waals surface area (Å²) in [6, 6.07) is 3.44. The van der Waals surface area contributed by atoms with Crippen LogP contribution in [0.3, 0.4) is 0 Å². The Morgan fingerprint density at radius 1 is 1.35 bits per heavy atom. The van der Waals surface area contributed by atoms with Gasteiger partial charge in [-0.3, -0.25) is 9.59 Å². The van der Waals surface area contributed by atoms with Gasteiger partial charge in [-0.2, -0.15) is 11.3 Å². The zero-order valence-electron chi connectivity index (χ0n) is 13.3. The van der Waals surface area contributed by atoms with Gasteiger partial charge in [0.05, 0.1) is 18.7 Å². The van der Waals surface area contributed by atoms with E-state index in [2.05, 4.69) is 10.6 Å². The predicted octanol–water partition coefficient (Wildman–Crippen LogP) is 1.71. The molecule has 0 bridgehead atoms. The van der Waals surface area contributed by atoms with E-state index in [0.29, 0.717) is 17.1 Å². The minimum absolute atomic E-state index is 0.0717. The summed E-state index contributed by atoms with van der Waals surface area (Å²) in [5.74, 6) is 0.426. The van der Waals surface area contributed by atoms with Crippen molar-refractivity contribution in [3.05, 3.63) is 45.5 Å². The molecule has 23 heavy (non-hydrogen) atoms. The lowest BCUT2D eigenvalue weighted by atomic mass is 9.99. The van der Waals surface area contributed by atoms with Crippen LogP contribution in [0.5, 0.6) is 0 Å². The molecule has 1 atom stereocenters. The fourth-order valence-corrected chi connectivity index (χ4v) is 2.90. The van der Waals surface area contributed by atoms with Crippen molar-refractivity contribution in [2.75, 3.05) is 13.1 Å². The molecule has 2 aromatic rings. The van der Waals surface area contributed by atoms with E-state index in [1.54, 1.807) is 26.8 Å². The number of hydrogen-bond donors (Lipinski definition) is 3. The molecule has 0 radical (unpaired) electrons. The molecule has 0 spiro atoms. The summed E-state index contributed by atoms with van der Waals surface area (Å²) in [5.41, 5.74) is 0.0229. The molecule has 3 N–H and O–H groups in total. The average Bonchev–Trinajstić information content (AvgIpc) is 3.12. The van der Waals surface area contributed by atoms with Gasteiger partial charge in [0.2, 0.25) is 5.91 Å². The van der Waals surface area contributed by atoms with Crippen molar-refractivity contribution in [3.63, 3.8) is 0 Å². The van der Waals surface area contributed by atoms with E-state index >= 15 is 0 Å². The van der Waals surface area contributed by atoms with Crippen LogP contribution in [0.15, 0.2) is 27.3 Å². The monoisotopic (exact) mass is 336 g/mol. The number of furan rings is 1. The molecule has 0 aliphatic carbocycles. The molecule has 7 heteroatoms. The maximum Gasteiger partial charge on any atom is 0.255 e. The molecule has 2 rings (SSSR count). The van der Waals surface area contributed by atoms with Crippen LogP contribution in [-0.4, -0.2) is 30.0 Å². The molecule has 0 aliphatic heterocycles. The van der Waals surface area contributed by atoms with Crippen LogP contribution >= 0.6 is 11.3 Å². The Bertz CT molecular complexity index is 689. The fourth-order valence-electron chi connectivity index (χ4n) is 2.12. The van der Waals surface area contributed by atoms with Crippen LogP contribution < -0.4 is 10.6 Å². The number of aliphatic hydroxyl groups is 1. The highest BCUT2D eigenvalue weighted by atomic mass is 32.1. The largest absolute Gasteiger partial charge is 0.466 e. The molecule has 0 saturated heterocycles. The molecule has 6 nitrogen and oxygen atoms in total. The number of hydrogen-bond acceptors (Lipinski definition) is 5.